The van der Waals surface area contributed by atoms with Crippen molar-refractivity contribution in [3.05, 3.63) is 177 Å². The Balaban J connectivity index is 1.06. The number of aromatic nitrogens is 9. The first-order valence-electron chi connectivity index (χ1n) is 21.1. The molecule has 1 aromatic carbocycles. The van der Waals surface area contributed by atoms with Gasteiger partial charge in [0, 0.05) is 99.7 Å². The summed E-state index contributed by atoms with van der Waals surface area (Å²) in [5.74, 6) is 0.562. The van der Waals surface area contributed by atoms with E-state index in [1.807, 2.05) is 72.8 Å². The van der Waals surface area contributed by atoms with E-state index in [9.17, 15) is 14.7 Å². The molecule has 10 heterocycles. The van der Waals surface area contributed by atoms with Crippen LogP contribution in [0.25, 0.3) is 90.9 Å². The van der Waals surface area contributed by atoms with Crippen LogP contribution < -0.4 is 16.0 Å². The number of benzene rings is 1. The third-order valence-electron chi connectivity index (χ3n) is 11.9. The first kappa shape index (κ1) is 39.5. The van der Waals surface area contributed by atoms with Gasteiger partial charge in [0.05, 0.1) is 28.9 Å². The zero-order chi connectivity index (χ0) is 44.0. The van der Waals surface area contributed by atoms with E-state index >= 15 is 0 Å². The van der Waals surface area contributed by atoms with Crippen molar-refractivity contribution in [3.8, 4) is 50.3 Å². The van der Waals surface area contributed by atoms with Crippen LogP contribution in [0.1, 0.15) is 41.0 Å². The third kappa shape index (κ3) is 7.45. The van der Waals surface area contributed by atoms with Crippen LogP contribution in [0.2, 0.25) is 0 Å². The van der Waals surface area contributed by atoms with E-state index in [4.69, 9.17) is 19.4 Å². The van der Waals surface area contributed by atoms with E-state index < -0.39 is 29.7 Å². The number of pyridine rings is 3. The molecule has 11 rings (SSSR count). The summed E-state index contributed by atoms with van der Waals surface area (Å²) in [6, 6.07) is 27.9. The molecule has 65 heavy (non-hydrogen) atoms. The van der Waals surface area contributed by atoms with Crippen molar-refractivity contribution in [3.63, 3.8) is 0 Å². The molecule has 0 unspecified atom stereocenters. The van der Waals surface area contributed by atoms with Crippen LogP contribution in [0.3, 0.4) is 0 Å². The third-order valence-corrected chi connectivity index (χ3v) is 11.9. The van der Waals surface area contributed by atoms with Crippen LogP contribution in [-0.4, -0.2) is 68.4 Å². The van der Waals surface area contributed by atoms with Crippen LogP contribution in [0.4, 0.5) is 0 Å². The second-order valence-corrected chi connectivity index (χ2v) is 16.0. The van der Waals surface area contributed by atoms with Crippen molar-refractivity contribution in [2.24, 2.45) is 0 Å². The summed E-state index contributed by atoms with van der Waals surface area (Å²) in [7, 11) is 0. The number of rotatable bonds is 8. The molecule has 1 saturated heterocycles. The number of ether oxygens (including phenoxy) is 2. The van der Waals surface area contributed by atoms with Gasteiger partial charge in [-0.1, -0.05) is 12.1 Å². The molecule has 3 atom stereocenters. The topological polar surface area (TPSA) is 190 Å². The number of aliphatic hydroxyl groups is 1. The lowest BCUT2D eigenvalue weighted by molar-refractivity contribution is -0.0410. The molecule has 1 fully saturated rings. The summed E-state index contributed by atoms with van der Waals surface area (Å²) in [5, 5.41) is 10.9. The number of nitrogens with zero attached hydrogens (tertiary/aromatic N) is 6. The minimum atomic E-state index is -0.885. The highest BCUT2D eigenvalue weighted by Gasteiger charge is 2.36. The Kier molecular flexibility index (Phi) is 9.98. The average molecular weight is 858 g/mol. The molecule has 4 N–H and O–H groups in total. The van der Waals surface area contributed by atoms with Crippen LogP contribution >= 0.6 is 0 Å². The lowest BCUT2D eigenvalue weighted by Crippen LogP contribution is -2.33. The summed E-state index contributed by atoms with van der Waals surface area (Å²) in [5.41, 5.74) is 13.2. The second-order valence-electron chi connectivity index (χ2n) is 16.0. The Labute approximate surface area is 370 Å². The summed E-state index contributed by atoms with van der Waals surface area (Å²) in [6.45, 7) is 1.65. The standard InChI is InChI=1S/C51H39N9O5/c1-29-27-60(51(63)59-50(29)62)45-26-43(61)44(65-45)28-64-34-4-2-30(3-5-34)46-35-6-8-37(55-35)47(31-14-20-52-21-15-31)39-10-12-41(57-39)49(33-18-24-54-25-19-33)42-13-11-40(58-42)48(32-16-22-53-23-17-32)38-9-7-36(46)56-38/h2-25,27,43-45,55,58,61H,26,28H2,1H3,(H,59,62,63)/t43-,44+,45+/m0/s1. The molecule has 3 aliphatic heterocycles. The molecular formula is C51H39N9O5. The van der Waals surface area contributed by atoms with Gasteiger partial charge >= 0.3 is 5.69 Å². The Morgan fingerprint density at radius 1 is 0.600 bits per heavy atom. The van der Waals surface area contributed by atoms with E-state index in [0.717, 1.165) is 89.4 Å². The van der Waals surface area contributed by atoms with Crippen LogP contribution in [0, 0.1) is 6.92 Å². The molecule has 0 aliphatic carbocycles. The lowest BCUT2D eigenvalue weighted by Gasteiger charge is -2.17. The van der Waals surface area contributed by atoms with Crippen molar-refractivity contribution >= 4 is 46.4 Å². The van der Waals surface area contributed by atoms with Gasteiger partial charge < -0.3 is 24.5 Å². The summed E-state index contributed by atoms with van der Waals surface area (Å²) in [4.78, 5) is 57.9. The quantitative estimate of drug-likeness (QED) is 0.116. The highest BCUT2D eigenvalue weighted by Crippen LogP contribution is 2.39. The van der Waals surface area contributed by atoms with Gasteiger partial charge in [0.25, 0.3) is 5.56 Å². The van der Waals surface area contributed by atoms with Crippen molar-refractivity contribution < 1.29 is 14.6 Å². The monoisotopic (exact) mass is 857 g/mol. The number of aryl methyl sites for hydroxylation is 1. The number of H-pyrrole nitrogens is 3. The van der Waals surface area contributed by atoms with E-state index in [1.54, 1.807) is 44.1 Å². The van der Waals surface area contributed by atoms with Gasteiger partial charge in [0.15, 0.2) is 0 Å². The minimum absolute atomic E-state index is 0.0411. The molecule has 318 valence electrons. The van der Waals surface area contributed by atoms with Crippen LogP contribution in [0.15, 0.2) is 138 Å². The highest BCUT2D eigenvalue weighted by molar-refractivity contribution is 5.99. The number of aromatic amines is 3. The van der Waals surface area contributed by atoms with Gasteiger partial charge in [0.2, 0.25) is 0 Å². The van der Waals surface area contributed by atoms with Gasteiger partial charge in [-0.3, -0.25) is 29.3 Å². The number of aliphatic hydroxyl groups excluding tert-OH is 1. The molecule has 14 heteroatoms. The normalized spacial score (nSPS) is 16.6. The summed E-state index contributed by atoms with van der Waals surface area (Å²) >= 11 is 0. The second kappa shape index (κ2) is 16.4. The fraction of sp³-hybridized carbons (Fsp3) is 0.118. The SMILES string of the molecule is Cc1cn([C@H]2C[C@H](O)[C@@H](COc3ccc(-c4c5nc(c(-c6ccncc6)c6ccc([nH]6)c(-c6ccncc6)c6nc(c(-c7ccncc7)c7ccc4[nH]7)C=C6)C=C5)cc3)O2)c(=O)[nH]c1=O. The number of hydrogen-bond donors (Lipinski definition) is 4. The van der Waals surface area contributed by atoms with E-state index in [0.29, 0.717) is 11.3 Å². The Morgan fingerprint density at radius 3 is 1.45 bits per heavy atom. The van der Waals surface area contributed by atoms with E-state index in [-0.39, 0.29) is 13.0 Å². The molecule has 8 bridgehead atoms. The summed E-state index contributed by atoms with van der Waals surface area (Å²) < 4.78 is 13.5. The van der Waals surface area contributed by atoms with E-state index in [1.165, 1.54) is 10.8 Å². The van der Waals surface area contributed by atoms with Gasteiger partial charge in [-0.05, 0) is 126 Å². The molecule has 8 aromatic rings. The maximum atomic E-state index is 12.5. The lowest BCUT2D eigenvalue weighted by atomic mass is 10.0. The maximum Gasteiger partial charge on any atom is 0.330 e. The maximum absolute atomic E-state index is 12.5. The predicted octanol–water partition coefficient (Wildman–Crippen LogP) is 8.39. The Morgan fingerprint density at radius 2 is 1.02 bits per heavy atom. The zero-order valence-corrected chi connectivity index (χ0v) is 34.8. The van der Waals surface area contributed by atoms with Gasteiger partial charge in [-0.25, -0.2) is 14.8 Å². The molecule has 0 spiro atoms. The average Bonchev–Trinajstić information content (AvgIpc) is 4.21. The molecule has 0 amide bonds. The van der Waals surface area contributed by atoms with Crippen molar-refractivity contribution in [1.82, 2.24) is 44.4 Å². The minimum Gasteiger partial charge on any atom is -0.491 e. The van der Waals surface area contributed by atoms with Gasteiger partial charge in [0.1, 0.15) is 24.7 Å². The molecule has 14 nitrogen and oxygen atoms in total. The van der Waals surface area contributed by atoms with Crippen molar-refractivity contribution in [2.75, 3.05) is 6.61 Å². The predicted molar refractivity (Wildman–Crippen MR) is 250 cm³/mol. The fourth-order valence-corrected chi connectivity index (χ4v) is 8.71. The molecule has 7 aromatic heterocycles. The van der Waals surface area contributed by atoms with Gasteiger partial charge in [-0.2, -0.15) is 0 Å². The van der Waals surface area contributed by atoms with Crippen LogP contribution in [0.5, 0.6) is 5.75 Å². The molecule has 0 saturated carbocycles. The summed E-state index contributed by atoms with van der Waals surface area (Å²) in [6.07, 6.45) is 18.2. The first-order chi connectivity index (χ1) is 31.8. The van der Waals surface area contributed by atoms with Gasteiger partial charge in [-0.15, -0.1) is 0 Å². The highest BCUT2D eigenvalue weighted by atomic mass is 16.6. The first-order valence-corrected chi connectivity index (χ1v) is 21.1. The Hall–Kier alpha value is -8.33. The number of hydrogen-bond acceptors (Lipinski definition) is 10. The molecule has 3 aliphatic rings. The largest absolute Gasteiger partial charge is 0.491 e. The number of fused-ring (bicyclic) bond motifs is 8. The Bertz CT molecular complexity index is 3430. The number of nitrogens with one attached hydrogen (secondary N) is 3. The smallest absolute Gasteiger partial charge is 0.330 e. The molecule has 0 radical (unpaired) electrons. The van der Waals surface area contributed by atoms with Crippen molar-refractivity contribution in [2.45, 2.75) is 31.8 Å². The fourth-order valence-electron chi connectivity index (χ4n) is 8.71. The zero-order valence-electron chi connectivity index (χ0n) is 34.8. The van der Waals surface area contributed by atoms with E-state index in [2.05, 4.69) is 66.3 Å². The molecular weight excluding hydrogens is 819 g/mol. The van der Waals surface area contributed by atoms with Crippen molar-refractivity contribution in [1.29, 1.82) is 0 Å². The van der Waals surface area contributed by atoms with Crippen LogP contribution in [-0.2, 0) is 4.74 Å².